The van der Waals surface area contributed by atoms with E-state index in [1.54, 1.807) is 18.0 Å². The average Bonchev–Trinajstić information content (AvgIpc) is 2.19. The summed E-state index contributed by atoms with van der Waals surface area (Å²) in [4.78, 5) is 8.17. The van der Waals surface area contributed by atoms with Crippen molar-refractivity contribution in [3.8, 4) is 0 Å². The molecule has 0 aliphatic rings. The molecule has 1 rings (SSSR count). The Kier molecular flexibility index (Phi) is 4.69. The fraction of sp³-hybridized carbons (Fsp3) is 0.600. The highest BCUT2D eigenvalue weighted by Gasteiger charge is 2.09. The Bertz CT molecular complexity index is 300. The summed E-state index contributed by atoms with van der Waals surface area (Å²) in [6, 6.07) is 0. The van der Waals surface area contributed by atoms with Crippen LogP contribution < -0.4 is 0 Å². The molecule has 0 atom stereocenters. The first-order chi connectivity index (χ1) is 6.67. The second-order valence-electron chi connectivity index (χ2n) is 3.18. The minimum atomic E-state index is 0.337. The molecule has 1 aromatic heterocycles. The molecule has 0 unspecified atom stereocenters. The lowest BCUT2D eigenvalue weighted by Crippen LogP contribution is -2.00. The van der Waals surface area contributed by atoms with Crippen molar-refractivity contribution in [1.29, 1.82) is 0 Å². The summed E-state index contributed by atoms with van der Waals surface area (Å²) < 4.78 is 0. The van der Waals surface area contributed by atoms with Crippen molar-refractivity contribution in [2.45, 2.75) is 43.9 Å². The first-order valence-electron chi connectivity index (χ1n) is 4.83. The summed E-state index contributed by atoms with van der Waals surface area (Å²) in [6.45, 7) is 6.40. The molecule has 0 fully saturated rings. The Labute approximate surface area is 94.5 Å². The van der Waals surface area contributed by atoms with Gasteiger partial charge in [0.1, 0.15) is 5.03 Å². The van der Waals surface area contributed by atoms with E-state index in [-0.39, 0.29) is 0 Å². The van der Waals surface area contributed by atoms with Gasteiger partial charge in [-0.1, -0.05) is 13.8 Å². The highest BCUT2D eigenvalue weighted by molar-refractivity contribution is 7.99. The molecular formula is C10H15ClN2S. The average molecular weight is 231 g/mol. The molecule has 0 spiro atoms. The fourth-order valence-corrected chi connectivity index (χ4v) is 2.35. The summed E-state index contributed by atoms with van der Waals surface area (Å²) >= 11 is 7.55. The predicted molar refractivity (Wildman–Crippen MR) is 62.0 cm³/mol. The normalized spacial score (nSPS) is 10.9. The van der Waals surface area contributed by atoms with Crippen LogP contribution in [0.4, 0.5) is 0 Å². The van der Waals surface area contributed by atoms with Gasteiger partial charge in [0.25, 0.3) is 0 Å². The van der Waals surface area contributed by atoms with Gasteiger partial charge in [-0.2, -0.15) is 0 Å². The van der Waals surface area contributed by atoms with Gasteiger partial charge in [0.2, 0.25) is 5.28 Å². The van der Waals surface area contributed by atoms with Crippen LogP contribution in [0, 0.1) is 6.92 Å². The zero-order valence-corrected chi connectivity index (χ0v) is 10.3. The lowest BCUT2D eigenvalue weighted by molar-refractivity contribution is 0.788. The molecule has 0 saturated heterocycles. The number of thioether (sulfide) groups is 1. The topological polar surface area (TPSA) is 25.8 Å². The van der Waals surface area contributed by atoms with Gasteiger partial charge in [-0.15, -0.1) is 11.8 Å². The van der Waals surface area contributed by atoms with Crippen molar-refractivity contribution in [3.63, 3.8) is 0 Å². The highest BCUT2D eigenvalue weighted by Crippen LogP contribution is 2.28. The van der Waals surface area contributed by atoms with Crippen molar-refractivity contribution in [2.24, 2.45) is 0 Å². The van der Waals surface area contributed by atoms with Gasteiger partial charge in [0.05, 0.1) is 0 Å². The van der Waals surface area contributed by atoms with Crippen LogP contribution in [0.2, 0.25) is 5.28 Å². The van der Waals surface area contributed by atoms with Crippen LogP contribution in [0.3, 0.4) is 0 Å². The van der Waals surface area contributed by atoms with E-state index in [0.29, 0.717) is 10.5 Å². The van der Waals surface area contributed by atoms with E-state index >= 15 is 0 Å². The van der Waals surface area contributed by atoms with Crippen LogP contribution in [0.15, 0.2) is 11.2 Å². The number of nitrogens with zero attached hydrogens (tertiary/aromatic N) is 2. The molecule has 2 nitrogen and oxygen atoms in total. The molecule has 0 aliphatic heterocycles. The molecule has 1 aromatic rings. The number of halogens is 1. The lowest BCUT2D eigenvalue weighted by Gasteiger charge is -2.12. The van der Waals surface area contributed by atoms with E-state index < -0.39 is 0 Å². The molecule has 0 saturated carbocycles. The second kappa shape index (κ2) is 5.56. The Morgan fingerprint density at radius 2 is 2.07 bits per heavy atom. The maximum atomic E-state index is 5.75. The van der Waals surface area contributed by atoms with Crippen molar-refractivity contribution >= 4 is 23.4 Å². The fourth-order valence-electron chi connectivity index (χ4n) is 1.14. The maximum absolute atomic E-state index is 5.75. The molecule has 0 bridgehead atoms. The van der Waals surface area contributed by atoms with Gasteiger partial charge in [-0.05, 0) is 36.9 Å². The first-order valence-corrected chi connectivity index (χ1v) is 6.08. The van der Waals surface area contributed by atoms with E-state index in [1.165, 1.54) is 0 Å². The molecule has 0 radical (unpaired) electrons. The van der Waals surface area contributed by atoms with Gasteiger partial charge in [0.15, 0.2) is 0 Å². The van der Waals surface area contributed by atoms with Crippen molar-refractivity contribution in [1.82, 2.24) is 9.97 Å². The molecule has 0 aromatic carbocycles. The zero-order chi connectivity index (χ0) is 10.6. The van der Waals surface area contributed by atoms with Crippen molar-refractivity contribution < 1.29 is 0 Å². The monoisotopic (exact) mass is 230 g/mol. The Hall–Kier alpha value is -0.280. The van der Waals surface area contributed by atoms with Crippen LogP contribution >= 0.6 is 23.4 Å². The Morgan fingerprint density at radius 1 is 1.43 bits per heavy atom. The molecule has 78 valence electrons. The lowest BCUT2D eigenvalue weighted by atomic mass is 10.3. The molecule has 0 N–H and O–H groups in total. The van der Waals surface area contributed by atoms with E-state index in [9.17, 15) is 0 Å². The van der Waals surface area contributed by atoms with Crippen LogP contribution in [0.5, 0.6) is 0 Å². The van der Waals surface area contributed by atoms with Gasteiger partial charge < -0.3 is 0 Å². The third-order valence-electron chi connectivity index (χ3n) is 2.08. The van der Waals surface area contributed by atoms with Crippen molar-refractivity contribution in [3.05, 3.63) is 17.0 Å². The Balaban J connectivity index is 2.79. The van der Waals surface area contributed by atoms with Gasteiger partial charge >= 0.3 is 0 Å². The molecule has 14 heavy (non-hydrogen) atoms. The Morgan fingerprint density at radius 3 is 2.64 bits per heavy atom. The zero-order valence-electron chi connectivity index (χ0n) is 8.75. The van der Waals surface area contributed by atoms with E-state index in [4.69, 9.17) is 11.6 Å². The summed E-state index contributed by atoms with van der Waals surface area (Å²) in [5, 5.41) is 1.97. The minimum absolute atomic E-state index is 0.337. The molecule has 0 amide bonds. The third-order valence-corrected chi connectivity index (χ3v) is 3.90. The van der Waals surface area contributed by atoms with Gasteiger partial charge in [0, 0.05) is 11.4 Å². The van der Waals surface area contributed by atoms with Crippen LogP contribution in [0.1, 0.15) is 32.3 Å². The smallest absolute Gasteiger partial charge is 0.223 e. The highest BCUT2D eigenvalue weighted by atomic mass is 35.5. The summed E-state index contributed by atoms with van der Waals surface area (Å²) in [7, 11) is 0. The van der Waals surface area contributed by atoms with Gasteiger partial charge in [-0.25, -0.2) is 9.97 Å². The third kappa shape index (κ3) is 3.14. The van der Waals surface area contributed by atoms with E-state index in [1.807, 2.05) is 6.92 Å². The van der Waals surface area contributed by atoms with Gasteiger partial charge in [-0.3, -0.25) is 0 Å². The molecule has 0 aliphatic carbocycles. The predicted octanol–water partition coefficient (Wildman–Crippen LogP) is 3.72. The number of rotatable bonds is 4. The summed E-state index contributed by atoms with van der Waals surface area (Å²) in [6.07, 6.45) is 4.09. The molecular weight excluding hydrogens is 216 g/mol. The van der Waals surface area contributed by atoms with Crippen LogP contribution in [-0.4, -0.2) is 15.2 Å². The largest absolute Gasteiger partial charge is 0.226 e. The molecule has 1 heterocycles. The quantitative estimate of drug-likeness (QED) is 0.448. The number of aryl methyl sites for hydroxylation is 1. The summed E-state index contributed by atoms with van der Waals surface area (Å²) in [5.41, 5.74) is 1.10. The van der Waals surface area contributed by atoms with Crippen LogP contribution in [-0.2, 0) is 0 Å². The molecule has 4 heteroatoms. The first kappa shape index (κ1) is 11.8. The van der Waals surface area contributed by atoms with E-state index in [0.717, 1.165) is 23.4 Å². The van der Waals surface area contributed by atoms with Crippen LogP contribution in [0.25, 0.3) is 0 Å². The second-order valence-corrected chi connectivity index (χ2v) is 4.81. The number of aromatic nitrogens is 2. The minimum Gasteiger partial charge on any atom is -0.226 e. The SMILES string of the molecule is CCC(CC)Sc1nc(Cl)ncc1C. The number of hydrogen-bond acceptors (Lipinski definition) is 3. The maximum Gasteiger partial charge on any atom is 0.223 e. The standard InChI is InChI=1S/C10H15ClN2S/c1-4-8(5-2)14-9-7(3)6-12-10(11)13-9/h6,8H,4-5H2,1-3H3. The van der Waals surface area contributed by atoms with Crippen molar-refractivity contribution in [2.75, 3.05) is 0 Å². The summed E-state index contributed by atoms with van der Waals surface area (Å²) in [5.74, 6) is 0. The van der Waals surface area contributed by atoms with E-state index in [2.05, 4.69) is 23.8 Å². The number of hydrogen-bond donors (Lipinski definition) is 0.